The van der Waals surface area contributed by atoms with Gasteiger partial charge in [0, 0.05) is 31.4 Å². The second-order valence-electron chi connectivity index (χ2n) is 4.23. The maximum atomic E-state index is 10.4. The number of hydrogen-bond donors (Lipinski definition) is 3. The summed E-state index contributed by atoms with van der Waals surface area (Å²) in [4.78, 5) is 10.4. The monoisotopic (exact) mass is 229 g/mol. The topological polar surface area (TPSA) is 78.8 Å². The Morgan fingerprint density at radius 1 is 1.50 bits per heavy atom. The summed E-state index contributed by atoms with van der Waals surface area (Å²) in [6.45, 7) is 3.56. The van der Waals surface area contributed by atoms with E-state index in [9.17, 15) is 9.90 Å². The summed E-state index contributed by atoms with van der Waals surface area (Å²) < 4.78 is 5.24. The Hall–Kier alpha value is -0.910. The zero-order valence-electron chi connectivity index (χ0n) is 9.53. The van der Waals surface area contributed by atoms with Gasteiger partial charge >= 0.3 is 5.97 Å². The van der Waals surface area contributed by atoms with Gasteiger partial charge in [-0.2, -0.15) is 0 Å². The Balaban J connectivity index is 2.47. The second-order valence-corrected chi connectivity index (χ2v) is 4.23. The number of ether oxygens (including phenoxy) is 1. The van der Waals surface area contributed by atoms with Crippen molar-refractivity contribution in [3.63, 3.8) is 0 Å². The molecule has 1 fully saturated rings. The van der Waals surface area contributed by atoms with E-state index in [0.717, 1.165) is 18.4 Å². The largest absolute Gasteiger partial charge is 0.478 e. The smallest absolute Gasteiger partial charge is 0.328 e. The van der Waals surface area contributed by atoms with Crippen LogP contribution in [0, 0.1) is 0 Å². The number of aliphatic hydroxyl groups is 1. The van der Waals surface area contributed by atoms with Crippen LogP contribution >= 0.6 is 0 Å². The van der Waals surface area contributed by atoms with Gasteiger partial charge in [-0.05, 0) is 19.8 Å². The zero-order valence-corrected chi connectivity index (χ0v) is 9.53. The Morgan fingerprint density at radius 3 is 2.62 bits per heavy atom. The molecule has 1 aliphatic rings. The number of carbonyl (C=O) groups is 1. The highest BCUT2D eigenvalue weighted by atomic mass is 16.5. The molecule has 0 unspecified atom stereocenters. The number of hydrogen-bond acceptors (Lipinski definition) is 4. The molecule has 0 bridgehead atoms. The number of aliphatic carboxylic acids is 1. The number of nitrogens with one attached hydrogen (secondary N) is 1. The first-order chi connectivity index (χ1) is 7.58. The lowest BCUT2D eigenvalue weighted by Gasteiger charge is -2.36. The predicted molar refractivity (Wildman–Crippen MR) is 59.3 cm³/mol. The van der Waals surface area contributed by atoms with Crippen molar-refractivity contribution in [2.75, 3.05) is 26.4 Å². The zero-order chi connectivity index (χ0) is 12.0. The molecule has 0 spiro atoms. The van der Waals surface area contributed by atoms with Crippen LogP contribution in [0.2, 0.25) is 0 Å². The first-order valence-electron chi connectivity index (χ1n) is 5.42. The minimum absolute atomic E-state index is 0.0523. The Bertz CT molecular complexity index is 269. The third-order valence-corrected chi connectivity index (χ3v) is 2.86. The van der Waals surface area contributed by atoms with Gasteiger partial charge in [-0.15, -0.1) is 0 Å². The lowest BCUT2D eigenvalue weighted by Crippen LogP contribution is -2.52. The summed E-state index contributed by atoms with van der Waals surface area (Å²) in [5.41, 5.74) is 0.429. The van der Waals surface area contributed by atoms with Gasteiger partial charge in [0.25, 0.3) is 0 Å². The van der Waals surface area contributed by atoms with Crippen molar-refractivity contribution in [3.8, 4) is 0 Å². The summed E-state index contributed by atoms with van der Waals surface area (Å²) >= 11 is 0. The molecule has 0 aliphatic carbocycles. The quantitative estimate of drug-likeness (QED) is 0.585. The summed E-state index contributed by atoms with van der Waals surface area (Å²) in [6.07, 6.45) is 2.69. The van der Waals surface area contributed by atoms with Crippen molar-refractivity contribution in [1.29, 1.82) is 0 Å². The van der Waals surface area contributed by atoms with Crippen LogP contribution in [0.1, 0.15) is 19.8 Å². The van der Waals surface area contributed by atoms with E-state index in [0.29, 0.717) is 19.8 Å². The van der Waals surface area contributed by atoms with E-state index in [1.807, 2.05) is 0 Å². The van der Waals surface area contributed by atoms with Crippen molar-refractivity contribution in [2.45, 2.75) is 25.3 Å². The van der Waals surface area contributed by atoms with E-state index in [-0.39, 0.29) is 12.1 Å². The van der Waals surface area contributed by atoms with Crippen LogP contribution < -0.4 is 5.32 Å². The standard InChI is InChI=1S/C11H19NO4/c1-9(6-10(14)15)7-12-11(8-13)2-4-16-5-3-11/h6,12-13H,2-5,7-8H2,1H3,(H,14,15). The van der Waals surface area contributed by atoms with Crippen LogP contribution in [0.25, 0.3) is 0 Å². The average molecular weight is 229 g/mol. The molecule has 3 N–H and O–H groups in total. The highest BCUT2D eigenvalue weighted by Crippen LogP contribution is 2.20. The third kappa shape index (κ3) is 3.92. The SMILES string of the molecule is CC(=CC(=O)O)CNC1(CO)CCOCC1. The lowest BCUT2D eigenvalue weighted by atomic mass is 9.91. The van der Waals surface area contributed by atoms with Crippen LogP contribution in [-0.4, -0.2) is 48.1 Å². The minimum atomic E-state index is -0.940. The molecule has 1 saturated heterocycles. The molecule has 0 aromatic heterocycles. The molecule has 0 atom stereocenters. The maximum absolute atomic E-state index is 10.4. The van der Waals surface area contributed by atoms with Crippen LogP contribution in [-0.2, 0) is 9.53 Å². The van der Waals surface area contributed by atoms with Gasteiger partial charge in [0.05, 0.1) is 6.61 Å². The molecular formula is C11H19NO4. The molecule has 0 saturated carbocycles. The molecular weight excluding hydrogens is 210 g/mol. The molecule has 5 heteroatoms. The van der Waals surface area contributed by atoms with Crippen molar-refractivity contribution in [3.05, 3.63) is 11.6 Å². The summed E-state index contributed by atoms with van der Waals surface area (Å²) in [5, 5.41) is 21.2. The normalized spacial score (nSPS) is 20.8. The van der Waals surface area contributed by atoms with E-state index >= 15 is 0 Å². The van der Waals surface area contributed by atoms with Crippen molar-refractivity contribution in [2.24, 2.45) is 0 Å². The van der Waals surface area contributed by atoms with Crippen LogP contribution in [0.4, 0.5) is 0 Å². The Labute approximate surface area is 95.1 Å². The summed E-state index contributed by atoms with van der Waals surface area (Å²) in [7, 11) is 0. The first kappa shape index (κ1) is 13.2. The second kappa shape index (κ2) is 5.98. The van der Waals surface area contributed by atoms with Gasteiger partial charge in [0.2, 0.25) is 0 Å². The molecule has 5 nitrogen and oxygen atoms in total. The average Bonchev–Trinajstić information content (AvgIpc) is 2.27. The molecule has 1 rings (SSSR count). The first-order valence-corrected chi connectivity index (χ1v) is 5.42. The van der Waals surface area contributed by atoms with Crippen molar-refractivity contribution < 1.29 is 19.7 Å². The molecule has 1 aliphatic heterocycles. The Kier molecular flexibility index (Phi) is 4.92. The van der Waals surface area contributed by atoms with Crippen molar-refractivity contribution in [1.82, 2.24) is 5.32 Å². The van der Waals surface area contributed by atoms with Gasteiger partial charge in [0.1, 0.15) is 0 Å². The third-order valence-electron chi connectivity index (χ3n) is 2.86. The number of aliphatic hydroxyl groups excluding tert-OH is 1. The van der Waals surface area contributed by atoms with Crippen molar-refractivity contribution >= 4 is 5.97 Å². The molecule has 1 heterocycles. The minimum Gasteiger partial charge on any atom is -0.478 e. The van der Waals surface area contributed by atoms with Crippen LogP contribution in [0.3, 0.4) is 0 Å². The van der Waals surface area contributed by atoms with Gasteiger partial charge in [-0.25, -0.2) is 4.79 Å². The number of rotatable bonds is 5. The summed E-state index contributed by atoms with van der Waals surface area (Å²) in [5.74, 6) is -0.940. The van der Waals surface area contributed by atoms with Gasteiger partial charge in [-0.3, -0.25) is 0 Å². The molecule has 0 aromatic carbocycles. The molecule has 0 aromatic rings. The fraction of sp³-hybridized carbons (Fsp3) is 0.727. The van der Waals surface area contributed by atoms with E-state index in [2.05, 4.69) is 5.32 Å². The van der Waals surface area contributed by atoms with E-state index in [1.165, 1.54) is 6.08 Å². The predicted octanol–water partition coefficient (Wildman–Crippen LogP) is 0.148. The fourth-order valence-electron chi connectivity index (χ4n) is 1.74. The van der Waals surface area contributed by atoms with Crippen LogP contribution in [0.15, 0.2) is 11.6 Å². The van der Waals surface area contributed by atoms with Gasteiger partial charge in [0.15, 0.2) is 0 Å². The van der Waals surface area contributed by atoms with Gasteiger partial charge in [-0.1, -0.05) is 5.57 Å². The number of carboxylic acids is 1. The molecule has 92 valence electrons. The highest BCUT2D eigenvalue weighted by Gasteiger charge is 2.31. The van der Waals surface area contributed by atoms with E-state index in [1.54, 1.807) is 6.92 Å². The Morgan fingerprint density at radius 2 is 2.12 bits per heavy atom. The maximum Gasteiger partial charge on any atom is 0.328 e. The van der Waals surface area contributed by atoms with Gasteiger partial charge < -0.3 is 20.3 Å². The highest BCUT2D eigenvalue weighted by molar-refractivity contribution is 5.80. The van der Waals surface area contributed by atoms with E-state index in [4.69, 9.17) is 9.84 Å². The van der Waals surface area contributed by atoms with Crippen LogP contribution in [0.5, 0.6) is 0 Å². The fourth-order valence-corrected chi connectivity index (χ4v) is 1.74. The molecule has 0 amide bonds. The number of carboxylic acid groups (broad SMARTS) is 1. The summed E-state index contributed by atoms with van der Waals surface area (Å²) in [6, 6.07) is 0. The lowest BCUT2D eigenvalue weighted by molar-refractivity contribution is -0.131. The van der Waals surface area contributed by atoms with E-state index < -0.39 is 5.97 Å². The molecule has 16 heavy (non-hydrogen) atoms. The molecule has 0 radical (unpaired) electrons.